The molecule has 0 aromatic carbocycles. The molecule has 3 N–H and O–H groups in total. The van der Waals surface area contributed by atoms with Gasteiger partial charge in [0, 0.05) is 32.6 Å². The third-order valence-electron chi connectivity index (χ3n) is 2.39. The van der Waals surface area contributed by atoms with Crippen molar-refractivity contribution in [2.75, 3.05) is 39.8 Å². The van der Waals surface area contributed by atoms with E-state index in [1.54, 1.807) is 0 Å². The van der Waals surface area contributed by atoms with Crippen molar-refractivity contribution in [1.29, 1.82) is 0 Å². The van der Waals surface area contributed by atoms with Crippen molar-refractivity contribution in [2.45, 2.75) is 12.8 Å². The molecule has 0 saturated carbocycles. The number of hydrazine groups is 1. The van der Waals surface area contributed by atoms with Gasteiger partial charge in [0.2, 0.25) is 5.91 Å². The van der Waals surface area contributed by atoms with Crippen LogP contribution in [0.5, 0.6) is 0 Å². The Hall–Kier alpha value is -0.650. The van der Waals surface area contributed by atoms with E-state index in [-0.39, 0.29) is 5.91 Å². The highest BCUT2D eigenvalue weighted by molar-refractivity contribution is 5.75. The van der Waals surface area contributed by atoms with Gasteiger partial charge in [0.25, 0.3) is 0 Å². The van der Waals surface area contributed by atoms with Gasteiger partial charge in [0.05, 0.1) is 0 Å². The maximum absolute atomic E-state index is 11.3. The topological polar surface area (TPSA) is 61.6 Å². The molecule has 0 spiro atoms. The Morgan fingerprint density at radius 2 is 2.00 bits per heavy atom. The average Bonchev–Trinajstić information content (AvgIpc) is 2.18. The van der Waals surface area contributed by atoms with Gasteiger partial charge in [-0.15, -0.1) is 0 Å². The zero-order chi connectivity index (χ0) is 10.4. The van der Waals surface area contributed by atoms with Crippen molar-refractivity contribution in [3.8, 4) is 0 Å². The predicted molar refractivity (Wildman–Crippen MR) is 55.5 cm³/mol. The van der Waals surface area contributed by atoms with Crippen molar-refractivity contribution < 1.29 is 4.79 Å². The molecule has 5 nitrogen and oxygen atoms in total. The van der Waals surface area contributed by atoms with E-state index in [2.05, 4.69) is 17.4 Å². The number of nitrogens with two attached hydrogens (primary N) is 1. The van der Waals surface area contributed by atoms with Crippen molar-refractivity contribution in [2.24, 2.45) is 5.73 Å². The predicted octanol–water partition coefficient (Wildman–Crippen LogP) is -0.996. The second-order valence-electron chi connectivity index (χ2n) is 3.72. The third kappa shape index (κ3) is 4.04. The Bertz CT molecular complexity index is 178. The zero-order valence-corrected chi connectivity index (χ0v) is 8.83. The van der Waals surface area contributed by atoms with E-state index in [1.165, 1.54) is 0 Å². The Morgan fingerprint density at radius 1 is 1.36 bits per heavy atom. The van der Waals surface area contributed by atoms with Gasteiger partial charge in [-0.25, -0.2) is 5.01 Å². The highest BCUT2D eigenvalue weighted by atomic mass is 16.2. The number of carbonyl (C=O) groups is 1. The number of piperazine rings is 1. The van der Waals surface area contributed by atoms with Crippen LogP contribution in [0.2, 0.25) is 0 Å². The lowest BCUT2D eigenvalue weighted by molar-refractivity contribution is -0.126. The first kappa shape index (κ1) is 11.4. The van der Waals surface area contributed by atoms with E-state index in [0.717, 1.165) is 32.6 Å². The van der Waals surface area contributed by atoms with Gasteiger partial charge in [-0.05, 0) is 20.0 Å². The number of amides is 1. The number of likely N-dealkylation sites (N-methyl/N-ethyl adjacent to an activating group) is 1. The molecule has 0 unspecified atom stereocenters. The van der Waals surface area contributed by atoms with Crippen LogP contribution >= 0.6 is 0 Å². The van der Waals surface area contributed by atoms with Crippen LogP contribution < -0.4 is 11.2 Å². The summed E-state index contributed by atoms with van der Waals surface area (Å²) in [4.78, 5) is 13.6. The lowest BCUT2D eigenvalue weighted by Gasteiger charge is -2.32. The van der Waals surface area contributed by atoms with Gasteiger partial charge in [0.1, 0.15) is 0 Å². The van der Waals surface area contributed by atoms with Gasteiger partial charge < -0.3 is 10.6 Å². The van der Waals surface area contributed by atoms with Gasteiger partial charge in [-0.1, -0.05) is 0 Å². The van der Waals surface area contributed by atoms with Crippen molar-refractivity contribution in [3.05, 3.63) is 0 Å². The van der Waals surface area contributed by atoms with Gasteiger partial charge >= 0.3 is 0 Å². The van der Waals surface area contributed by atoms with Crippen LogP contribution in [0.25, 0.3) is 0 Å². The van der Waals surface area contributed by atoms with Crippen LogP contribution in [0.15, 0.2) is 0 Å². The van der Waals surface area contributed by atoms with E-state index >= 15 is 0 Å². The summed E-state index contributed by atoms with van der Waals surface area (Å²) in [6.07, 6.45) is 1.29. The molecule has 82 valence electrons. The molecule has 0 aromatic rings. The largest absolute Gasteiger partial charge is 0.330 e. The van der Waals surface area contributed by atoms with E-state index in [1.807, 2.05) is 5.01 Å². The van der Waals surface area contributed by atoms with Crippen LogP contribution in [-0.2, 0) is 4.79 Å². The maximum Gasteiger partial charge on any atom is 0.234 e. The molecule has 0 aromatic heterocycles. The fourth-order valence-corrected chi connectivity index (χ4v) is 1.41. The number of carbonyl (C=O) groups excluding carboxylic acids is 1. The first-order chi connectivity index (χ1) is 6.72. The van der Waals surface area contributed by atoms with Crippen molar-refractivity contribution >= 4 is 5.91 Å². The summed E-state index contributed by atoms with van der Waals surface area (Å²) in [5, 5.41) is 1.98. The number of nitrogens with one attached hydrogen (secondary N) is 1. The summed E-state index contributed by atoms with van der Waals surface area (Å²) in [5.41, 5.74) is 8.21. The molecule has 1 aliphatic heterocycles. The second kappa shape index (κ2) is 5.95. The molecule has 1 amide bonds. The summed E-state index contributed by atoms with van der Waals surface area (Å²) in [7, 11) is 2.09. The molecule has 0 bridgehead atoms. The number of nitrogens with zero attached hydrogens (tertiary/aromatic N) is 2. The molecule has 0 aliphatic carbocycles. The number of rotatable bonds is 4. The van der Waals surface area contributed by atoms with Crippen LogP contribution in [0.1, 0.15) is 12.8 Å². The van der Waals surface area contributed by atoms with Gasteiger partial charge in [-0.3, -0.25) is 10.2 Å². The fourth-order valence-electron chi connectivity index (χ4n) is 1.41. The normalized spacial score (nSPS) is 19.6. The SMILES string of the molecule is CN1CCN(NC(=O)CCCN)CC1. The lowest BCUT2D eigenvalue weighted by atomic mass is 10.3. The number of hydrogen-bond acceptors (Lipinski definition) is 4. The second-order valence-corrected chi connectivity index (χ2v) is 3.72. The van der Waals surface area contributed by atoms with E-state index in [9.17, 15) is 4.79 Å². The van der Waals surface area contributed by atoms with E-state index < -0.39 is 0 Å². The van der Waals surface area contributed by atoms with Gasteiger partial charge in [0.15, 0.2) is 0 Å². The maximum atomic E-state index is 11.3. The molecule has 1 rings (SSSR count). The highest BCUT2D eigenvalue weighted by Gasteiger charge is 2.14. The number of hydrogen-bond donors (Lipinski definition) is 2. The summed E-state index contributed by atoms with van der Waals surface area (Å²) in [6.45, 7) is 4.42. The summed E-state index contributed by atoms with van der Waals surface area (Å²) < 4.78 is 0. The minimum absolute atomic E-state index is 0.0833. The van der Waals surface area contributed by atoms with Gasteiger partial charge in [-0.2, -0.15) is 0 Å². The smallest absolute Gasteiger partial charge is 0.234 e. The van der Waals surface area contributed by atoms with E-state index in [4.69, 9.17) is 5.73 Å². The summed E-state index contributed by atoms with van der Waals surface area (Å²) in [5.74, 6) is 0.0833. The highest BCUT2D eigenvalue weighted by Crippen LogP contribution is 1.96. The quantitative estimate of drug-likeness (QED) is 0.611. The molecule has 1 heterocycles. The Kier molecular flexibility index (Phi) is 4.86. The average molecular weight is 200 g/mol. The molecule has 0 radical (unpaired) electrons. The minimum atomic E-state index is 0.0833. The minimum Gasteiger partial charge on any atom is -0.330 e. The Labute approximate surface area is 85.2 Å². The van der Waals surface area contributed by atoms with Crippen LogP contribution in [-0.4, -0.2) is 55.6 Å². The van der Waals surface area contributed by atoms with Crippen LogP contribution in [0.3, 0.4) is 0 Å². The van der Waals surface area contributed by atoms with E-state index in [0.29, 0.717) is 13.0 Å². The molecule has 14 heavy (non-hydrogen) atoms. The molecular formula is C9H20N4O. The standard InChI is InChI=1S/C9H20N4O/c1-12-5-7-13(8-6-12)11-9(14)3-2-4-10/h2-8,10H2,1H3,(H,11,14). The molecule has 0 atom stereocenters. The Morgan fingerprint density at radius 3 is 2.57 bits per heavy atom. The zero-order valence-electron chi connectivity index (χ0n) is 8.83. The first-order valence-electron chi connectivity index (χ1n) is 5.15. The fraction of sp³-hybridized carbons (Fsp3) is 0.889. The van der Waals surface area contributed by atoms with Crippen molar-refractivity contribution in [3.63, 3.8) is 0 Å². The first-order valence-corrected chi connectivity index (χ1v) is 5.15. The third-order valence-corrected chi connectivity index (χ3v) is 2.39. The molecule has 5 heteroatoms. The Balaban J connectivity index is 2.14. The van der Waals surface area contributed by atoms with Crippen LogP contribution in [0.4, 0.5) is 0 Å². The monoisotopic (exact) mass is 200 g/mol. The molecule has 1 fully saturated rings. The molecule has 1 saturated heterocycles. The summed E-state index contributed by atoms with van der Waals surface area (Å²) >= 11 is 0. The van der Waals surface area contributed by atoms with Crippen molar-refractivity contribution in [1.82, 2.24) is 15.3 Å². The van der Waals surface area contributed by atoms with Crippen LogP contribution in [0, 0.1) is 0 Å². The molecule has 1 aliphatic rings. The summed E-state index contributed by atoms with van der Waals surface area (Å²) in [6, 6.07) is 0. The molecular weight excluding hydrogens is 180 g/mol. The lowest BCUT2D eigenvalue weighted by Crippen LogP contribution is -2.52.